The average molecular weight is 286 g/mol. The average Bonchev–Trinajstić information content (AvgIpc) is 2.38. The van der Waals surface area contributed by atoms with Gasteiger partial charge in [-0.15, -0.1) is 0 Å². The van der Waals surface area contributed by atoms with Crippen molar-refractivity contribution < 1.29 is 17.9 Å². The summed E-state index contributed by atoms with van der Waals surface area (Å²) in [6.07, 6.45) is 1.59. The smallest absolute Gasteiger partial charge is 0.166 e. The molecule has 0 saturated heterocycles. The van der Waals surface area contributed by atoms with E-state index in [0.717, 1.165) is 5.56 Å². The molecular formula is C12H18N2O4S. The van der Waals surface area contributed by atoms with E-state index in [-0.39, 0.29) is 11.8 Å². The molecule has 106 valence electrons. The molecule has 7 heteroatoms. The highest BCUT2D eigenvalue weighted by molar-refractivity contribution is 7.90. The zero-order valence-corrected chi connectivity index (χ0v) is 11.6. The van der Waals surface area contributed by atoms with Crippen molar-refractivity contribution in [2.24, 2.45) is 5.84 Å². The molecule has 1 aromatic rings. The summed E-state index contributed by atoms with van der Waals surface area (Å²) >= 11 is 0. The molecule has 1 aliphatic rings. The van der Waals surface area contributed by atoms with Crippen molar-refractivity contribution in [2.45, 2.75) is 12.5 Å². The third kappa shape index (κ3) is 3.59. The maximum Gasteiger partial charge on any atom is 0.166 e. The summed E-state index contributed by atoms with van der Waals surface area (Å²) in [7, 11) is -3.03. The number of nitrogens with two attached hydrogens (primary N) is 1. The number of fused-ring (bicyclic) bond motifs is 1. The Bertz CT molecular complexity index is 545. The van der Waals surface area contributed by atoms with Crippen molar-refractivity contribution in [2.75, 3.05) is 25.2 Å². The SMILES string of the molecule is CS(=O)(=O)CCC(NN)c1cccc2c1OCCO2. The summed E-state index contributed by atoms with van der Waals surface area (Å²) in [6, 6.07) is 5.24. The van der Waals surface area contributed by atoms with Crippen molar-refractivity contribution in [3.63, 3.8) is 0 Å². The number of ether oxygens (including phenoxy) is 2. The minimum absolute atomic E-state index is 0.0619. The Balaban J connectivity index is 2.23. The van der Waals surface area contributed by atoms with Crippen LogP contribution in [0.2, 0.25) is 0 Å². The summed E-state index contributed by atoms with van der Waals surface area (Å²) in [5, 5.41) is 0. The van der Waals surface area contributed by atoms with Gasteiger partial charge in [-0.3, -0.25) is 11.3 Å². The minimum atomic E-state index is -3.03. The van der Waals surface area contributed by atoms with Gasteiger partial charge in [-0.1, -0.05) is 12.1 Å². The first-order valence-corrected chi connectivity index (χ1v) is 8.09. The van der Waals surface area contributed by atoms with Crippen molar-refractivity contribution >= 4 is 9.84 Å². The second-order valence-corrected chi connectivity index (χ2v) is 6.77. The fraction of sp³-hybridized carbons (Fsp3) is 0.500. The highest BCUT2D eigenvalue weighted by Gasteiger charge is 2.22. The lowest BCUT2D eigenvalue weighted by Gasteiger charge is -2.24. The summed E-state index contributed by atoms with van der Waals surface area (Å²) in [6.45, 7) is 0.994. The minimum Gasteiger partial charge on any atom is -0.486 e. The van der Waals surface area contributed by atoms with E-state index in [1.165, 1.54) is 6.26 Å². The molecule has 3 N–H and O–H groups in total. The second kappa shape index (κ2) is 5.77. The molecular weight excluding hydrogens is 268 g/mol. The molecule has 1 unspecified atom stereocenters. The van der Waals surface area contributed by atoms with E-state index in [0.29, 0.717) is 31.1 Å². The van der Waals surface area contributed by atoms with E-state index in [9.17, 15) is 8.42 Å². The molecule has 0 fully saturated rings. The first kappa shape index (κ1) is 14.1. The molecule has 0 spiro atoms. The molecule has 1 aliphatic heterocycles. The van der Waals surface area contributed by atoms with Gasteiger partial charge in [0, 0.05) is 11.8 Å². The van der Waals surface area contributed by atoms with Crippen LogP contribution in [0.4, 0.5) is 0 Å². The van der Waals surface area contributed by atoms with Crippen molar-refractivity contribution in [1.29, 1.82) is 0 Å². The van der Waals surface area contributed by atoms with Crippen LogP contribution in [-0.4, -0.2) is 33.6 Å². The monoisotopic (exact) mass is 286 g/mol. The van der Waals surface area contributed by atoms with Gasteiger partial charge in [0.2, 0.25) is 0 Å². The lowest BCUT2D eigenvalue weighted by atomic mass is 10.0. The maximum absolute atomic E-state index is 11.2. The van der Waals surface area contributed by atoms with Gasteiger partial charge in [-0.2, -0.15) is 0 Å². The van der Waals surface area contributed by atoms with Gasteiger partial charge >= 0.3 is 0 Å². The molecule has 0 aromatic heterocycles. The van der Waals surface area contributed by atoms with Crippen LogP contribution in [0.5, 0.6) is 11.5 Å². The first-order chi connectivity index (χ1) is 9.01. The molecule has 19 heavy (non-hydrogen) atoms. The van der Waals surface area contributed by atoms with Crippen LogP contribution in [0.25, 0.3) is 0 Å². The van der Waals surface area contributed by atoms with E-state index in [2.05, 4.69) is 5.43 Å². The molecule has 0 amide bonds. The highest BCUT2D eigenvalue weighted by Crippen LogP contribution is 2.37. The Hall–Kier alpha value is -1.31. The molecule has 1 heterocycles. The third-order valence-corrected chi connectivity index (χ3v) is 3.93. The van der Waals surface area contributed by atoms with E-state index < -0.39 is 9.84 Å². The Kier molecular flexibility index (Phi) is 4.28. The fourth-order valence-corrected chi connectivity index (χ4v) is 2.70. The van der Waals surface area contributed by atoms with Gasteiger partial charge in [0.1, 0.15) is 23.1 Å². The van der Waals surface area contributed by atoms with E-state index in [4.69, 9.17) is 15.3 Å². The van der Waals surface area contributed by atoms with Crippen LogP contribution in [0.3, 0.4) is 0 Å². The standard InChI is InChI=1S/C12H18N2O4S/c1-19(15,16)8-5-10(14-13)9-3-2-4-11-12(9)18-7-6-17-11/h2-4,10,14H,5-8,13H2,1H3. The van der Waals surface area contributed by atoms with Crippen LogP contribution in [0, 0.1) is 0 Å². The molecule has 0 bridgehead atoms. The van der Waals surface area contributed by atoms with E-state index >= 15 is 0 Å². The molecule has 6 nitrogen and oxygen atoms in total. The van der Waals surface area contributed by atoms with Crippen molar-refractivity contribution in [3.05, 3.63) is 23.8 Å². The van der Waals surface area contributed by atoms with Crippen LogP contribution in [-0.2, 0) is 9.84 Å². The van der Waals surface area contributed by atoms with Gasteiger partial charge in [0.15, 0.2) is 11.5 Å². The van der Waals surface area contributed by atoms with Crippen LogP contribution in [0.15, 0.2) is 18.2 Å². The number of para-hydroxylation sites is 1. The van der Waals surface area contributed by atoms with Gasteiger partial charge < -0.3 is 9.47 Å². The number of rotatable bonds is 5. The molecule has 0 aliphatic carbocycles. The molecule has 0 radical (unpaired) electrons. The summed E-state index contributed by atoms with van der Waals surface area (Å²) < 4.78 is 33.6. The molecule has 1 aromatic carbocycles. The summed E-state index contributed by atoms with van der Waals surface area (Å²) in [5.41, 5.74) is 3.46. The predicted molar refractivity (Wildman–Crippen MR) is 71.8 cm³/mol. The Labute approximate surface area is 112 Å². The van der Waals surface area contributed by atoms with Crippen LogP contribution < -0.4 is 20.7 Å². The van der Waals surface area contributed by atoms with Gasteiger partial charge in [0.05, 0.1) is 11.8 Å². The molecule has 0 saturated carbocycles. The second-order valence-electron chi connectivity index (χ2n) is 4.51. The topological polar surface area (TPSA) is 90.7 Å². The number of nitrogens with one attached hydrogen (secondary N) is 1. The van der Waals surface area contributed by atoms with E-state index in [1.807, 2.05) is 18.2 Å². The lowest BCUT2D eigenvalue weighted by Crippen LogP contribution is -2.30. The van der Waals surface area contributed by atoms with Crippen LogP contribution >= 0.6 is 0 Å². The number of hydrogen-bond donors (Lipinski definition) is 2. The normalized spacial score (nSPS) is 16.1. The Morgan fingerprint density at radius 1 is 1.37 bits per heavy atom. The van der Waals surface area contributed by atoms with Gasteiger partial charge in [-0.05, 0) is 12.5 Å². The van der Waals surface area contributed by atoms with Crippen molar-refractivity contribution in [1.82, 2.24) is 5.43 Å². The van der Waals surface area contributed by atoms with Gasteiger partial charge in [0.25, 0.3) is 0 Å². The van der Waals surface area contributed by atoms with Crippen LogP contribution in [0.1, 0.15) is 18.0 Å². The third-order valence-electron chi connectivity index (χ3n) is 2.95. The maximum atomic E-state index is 11.2. The number of benzene rings is 1. The summed E-state index contributed by atoms with van der Waals surface area (Å²) in [4.78, 5) is 0. The Morgan fingerprint density at radius 2 is 2.11 bits per heavy atom. The first-order valence-electron chi connectivity index (χ1n) is 6.03. The van der Waals surface area contributed by atoms with Gasteiger partial charge in [-0.25, -0.2) is 8.42 Å². The Morgan fingerprint density at radius 3 is 2.79 bits per heavy atom. The largest absolute Gasteiger partial charge is 0.486 e. The van der Waals surface area contributed by atoms with Crippen molar-refractivity contribution in [3.8, 4) is 11.5 Å². The number of hydrazine groups is 1. The molecule has 2 rings (SSSR count). The van der Waals surface area contributed by atoms with E-state index in [1.54, 1.807) is 0 Å². The highest BCUT2D eigenvalue weighted by atomic mass is 32.2. The fourth-order valence-electron chi connectivity index (χ4n) is 2.03. The zero-order valence-electron chi connectivity index (χ0n) is 10.8. The quantitative estimate of drug-likeness (QED) is 0.601. The lowest BCUT2D eigenvalue weighted by molar-refractivity contribution is 0.168. The summed E-state index contributed by atoms with van der Waals surface area (Å²) in [5.74, 6) is 6.90. The molecule has 1 atom stereocenters. The zero-order chi connectivity index (χ0) is 13.9. The predicted octanol–water partition coefficient (Wildman–Crippen LogP) is 0.397. The number of hydrogen-bond acceptors (Lipinski definition) is 6. The number of sulfone groups is 1.